The quantitative estimate of drug-likeness (QED) is 0.887. The monoisotopic (exact) mass is 277 g/mol. The van der Waals surface area contributed by atoms with Crippen molar-refractivity contribution < 1.29 is 14.7 Å². The highest BCUT2D eigenvalue weighted by molar-refractivity contribution is 7.99. The van der Waals surface area contributed by atoms with Crippen LogP contribution in [0.25, 0.3) is 0 Å². The SMILES string of the molecule is O=C(O)[C@H]1C[C@H]1C(=O)NC1CCSc2ccccc21. The maximum Gasteiger partial charge on any atom is 0.307 e. The molecule has 1 amide bonds. The molecule has 1 saturated carbocycles. The lowest BCUT2D eigenvalue weighted by Gasteiger charge is -2.25. The van der Waals surface area contributed by atoms with Gasteiger partial charge in [-0.3, -0.25) is 9.59 Å². The molecule has 0 aromatic heterocycles. The van der Waals surface area contributed by atoms with Crippen molar-refractivity contribution in [1.82, 2.24) is 5.32 Å². The summed E-state index contributed by atoms with van der Waals surface area (Å²) in [5.41, 5.74) is 1.15. The lowest BCUT2D eigenvalue weighted by atomic mass is 10.0. The van der Waals surface area contributed by atoms with Crippen LogP contribution in [0.15, 0.2) is 29.2 Å². The molecule has 2 N–H and O–H groups in total. The van der Waals surface area contributed by atoms with Crippen LogP contribution in [-0.2, 0) is 9.59 Å². The van der Waals surface area contributed by atoms with E-state index in [-0.39, 0.29) is 17.9 Å². The molecule has 3 atom stereocenters. The van der Waals surface area contributed by atoms with Crippen LogP contribution in [0.3, 0.4) is 0 Å². The first kappa shape index (κ1) is 12.5. The number of rotatable bonds is 3. The van der Waals surface area contributed by atoms with Crippen LogP contribution in [0.4, 0.5) is 0 Å². The third-order valence-corrected chi connectivity index (χ3v) is 4.84. The first-order valence-corrected chi connectivity index (χ1v) is 7.40. The number of benzene rings is 1. The lowest BCUT2D eigenvalue weighted by Crippen LogP contribution is -2.32. The number of amides is 1. The summed E-state index contributed by atoms with van der Waals surface area (Å²) in [4.78, 5) is 24.0. The Morgan fingerprint density at radius 1 is 1.26 bits per heavy atom. The molecule has 5 heteroatoms. The van der Waals surface area contributed by atoms with Gasteiger partial charge in [0, 0.05) is 10.6 Å². The molecule has 3 rings (SSSR count). The van der Waals surface area contributed by atoms with Gasteiger partial charge in [-0.2, -0.15) is 0 Å². The number of hydrogen-bond acceptors (Lipinski definition) is 3. The van der Waals surface area contributed by atoms with E-state index in [9.17, 15) is 9.59 Å². The Labute approximate surface area is 115 Å². The van der Waals surface area contributed by atoms with Crippen LogP contribution in [0.2, 0.25) is 0 Å². The first-order valence-electron chi connectivity index (χ1n) is 6.41. The van der Waals surface area contributed by atoms with Gasteiger partial charge in [-0.25, -0.2) is 0 Å². The molecule has 1 fully saturated rings. The van der Waals surface area contributed by atoms with Gasteiger partial charge in [-0.1, -0.05) is 18.2 Å². The highest BCUT2D eigenvalue weighted by atomic mass is 32.2. The van der Waals surface area contributed by atoms with Crippen molar-refractivity contribution in [3.63, 3.8) is 0 Å². The Morgan fingerprint density at radius 3 is 2.79 bits per heavy atom. The van der Waals surface area contributed by atoms with E-state index in [4.69, 9.17) is 5.11 Å². The Bertz CT molecular complexity index is 531. The van der Waals surface area contributed by atoms with E-state index >= 15 is 0 Å². The van der Waals surface area contributed by atoms with Gasteiger partial charge in [0.2, 0.25) is 5.91 Å². The molecule has 19 heavy (non-hydrogen) atoms. The predicted molar refractivity (Wildman–Crippen MR) is 71.9 cm³/mol. The van der Waals surface area contributed by atoms with E-state index < -0.39 is 11.9 Å². The summed E-state index contributed by atoms with van der Waals surface area (Å²) in [6, 6.07) is 8.10. The minimum absolute atomic E-state index is 0.0278. The second-order valence-corrected chi connectivity index (χ2v) is 6.16. The van der Waals surface area contributed by atoms with Gasteiger partial charge < -0.3 is 10.4 Å². The van der Waals surface area contributed by atoms with Crippen molar-refractivity contribution in [3.8, 4) is 0 Å². The number of nitrogens with one attached hydrogen (secondary N) is 1. The van der Waals surface area contributed by atoms with Crippen molar-refractivity contribution in [2.24, 2.45) is 11.8 Å². The van der Waals surface area contributed by atoms with Gasteiger partial charge in [0.15, 0.2) is 0 Å². The number of carbonyl (C=O) groups is 2. The number of fused-ring (bicyclic) bond motifs is 1. The van der Waals surface area contributed by atoms with Crippen molar-refractivity contribution in [2.45, 2.75) is 23.8 Å². The number of carbonyl (C=O) groups excluding carboxylic acids is 1. The van der Waals surface area contributed by atoms with Crippen LogP contribution >= 0.6 is 11.8 Å². The van der Waals surface area contributed by atoms with Crippen molar-refractivity contribution >= 4 is 23.6 Å². The molecule has 4 nitrogen and oxygen atoms in total. The average Bonchev–Trinajstić information content (AvgIpc) is 3.19. The number of thioether (sulfide) groups is 1. The fraction of sp³-hybridized carbons (Fsp3) is 0.429. The van der Waals surface area contributed by atoms with Gasteiger partial charge >= 0.3 is 5.97 Å². The van der Waals surface area contributed by atoms with Crippen molar-refractivity contribution in [1.29, 1.82) is 0 Å². The Kier molecular flexibility index (Phi) is 3.22. The zero-order valence-corrected chi connectivity index (χ0v) is 11.2. The molecule has 1 heterocycles. The summed E-state index contributed by atoms with van der Waals surface area (Å²) in [7, 11) is 0. The molecule has 0 radical (unpaired) electrons. The van der Waals surface area contributed by atoms with Crippen LogP contribution in [-0.4, -0.2) is 22.7 Å². The Balaban J connectivity index is 1.68. The molecule has 0 saturated heterocycles. The number of aliphatic carboxylic acids is 1. The van der Waals surface area contributed by atoms with Gasteiger partial charge in [-0.15, -0.1) is 11.8 Å². The van der Waals surface area contributed by atoms with Crippen LogP contribution in [0, 0.1) is 11.8 Å². The fourth-order valence-electron chi connectivity index (χ4n) is 2.53. The second kappa shape index (κ2) is 4.89. The van der Waals surface area contributed by atoms with Gasteiger partial charge in [-0.05, 0) is 24.5 Å². The Morgan fingerprint density at radius 2 is 2.05 bits per heavy atom. The normalized spacial score (nSPS) is 28.3. The summed E-state index contributed by atoms with van der Waals surface area (Å²) < 4.78 is 0. The molecule has 1 aromatic rings. The highest BCUT2D eigenvalue weighted by Gasteiger charge is 2.48. The summed E-state index contributed by atoms with van der Waals surface area (Å²) in [6.07, 6.45) is 1.38. The zero-order valence-electron chi connectivity index (χ0n) is 10.3. The molecule has 1 aliphatic carbocycles. The minimum atomic E-state index is -0.861. The lowest BCUT2D eigenvalue weighted by molar-refractivity contribution is -0.140. The van der Waals surface area contributed by atoms with E-state index in [0.29, 0.717) is 6.42 Å². The molecular weight excluding hydrogens is 262 g/mol. The van der Waals surface area contributed by atoms with Gasteiger partial charge in [0.05, 0.1) is 17.9 Å². The van der Waals surface area contributed by atoms with E-state index in [1.165, 1.54) is 4.90 Å². The number of carboxylic acid groups (broad SMARTS) is 1. The molecule has 1 aromatic carbocycles. The first-order chi connectivity index (χ1) is 9.16. The van der Waals surface area contributed by atoms with Crippen LogP contribution in [0.1, 0.15) is 24.4 Å². The molecular formula is C14H15NO3S. The average molecular weight is 277 g/mol. The molecule has 0 bridgehead atoms. The van der Waals surface area contributed by atoms with E-state index in [1.54, 1.807) is 11.8 Å². The third-order valence-electron chi connectivity index (χ3n) is 3.72. The van der Waals surface area contributed by atoms with Crippen LogP contribution in [0.5, 0.6) is 0 Å². The second-order valence-electron chi connectivity index (χ2n) is 5.02. The van der Waals surface area contributed by atoms with E-state index in [1.807, 2.05) is 18.2 Å². The van der Waals surface area contributed by atoms with Crippen molar-refractivity contribution in [2.75, 3.05) is 5.75 Å². The van der Waals surface area contributed by atoms with E-state index in [0.717, 1.165) is 17.7 Å². The topological polar surface area (TPSA) is 66.4 Å². The molecule has 0 spiro atoms. The van der Waals surface area contributed by atoms with Gasteiger partial charge in [0.1, 0.15) is 0 Å². The van der Waals surface area contributed by atoms with Gasteiger partial charge in [0.25, 0.3) is 0 Å². The highest BCUT2D eigenvalue weighted by Crippen LogP contribution is 2.41. The molecule has 100 valence electrons. The fourth-order valence-corrected chi connectivity index (χ4v) is 3.65. The summed E-state index contributed by atoms with van der Waals surface area (Å²) in [5, 5.41) is 11.9. The Hall–Kier alpha value is -1.49. The maximum absolute atomic E-state index is 12.0. The predicted octanol–water partition coefficient (Wildman–Crippen LogP) is 2.06. The standard InChI is InChI=1S/C14H15NO3S/c16-13(9-7-10(9)14(17)18)15-11-5-6-19-12-4-2-1-3-8(11)12/h1-4,9-11H,5-7H2,(H,15,16)(H,17,18)/t9-,10+,11?/m1/s1. The summed E-state index contributed by atoms with van der Waals surface area (Å²) >= 11 is 1.80. The smallest absolute Gasteiger partial charge is 0.307 e. The number of hydrogen-bond donors (Lipinski definition) is 2. The third kappa shape index (κ3) is 2.47. The van der Waals surface area contributed by atoms with Crippen molar-refractivity contribution in [3.05, 3.63) is 29.8 Å². The maximum atomic E-state index is 12.0. The molecule has 2 aliphatic rings. The molecule has 1 aliphatic heterocycles. The van der Waals surface area contributed by atoms with Crippen LogP contribution < -0.4 is 5.32 Å². The van der Waals surface area contributed by atoms with E-state index in [2.05, 4.69) is 11.4 Å². The zero-order chi connectivity index (χ0) is 13.4. The number of carboxylic acids is 1. The molecule has 1 unspecified atom stereocenters. The summed E-state index contributed by atoms with van der Waals surface area (Å²) in [5.74, 6) is -0.805. The summed E-state index contributed by atoms with van der Waals surface area (Å²) in [6.45, 7) is 0. The largest absolute Gasteiger partial charge is 0.481 e. The minimum Gasteiger partial charge on any atom is -0.481 e.